The molecule has 3 aromatic rings. The van der Waals surface area contributed by atoms with Gasteiger partial charge in [-0.15, -0.1) is 0 Å². The maximum Gasteiger partial charge on any atom is 0.410 e. The molecule has 218 valence electrons. The fourth-order valence-electron chi connectivity index (χ4n) is 5.72. The Morgan fingerprint density at radius 3 is 2.24 bits per heavy atom. The van der Waals surface area contributed by atoms with Gasteiger partial charge in [0, 0.05) is 44.7 Å². The van der Waals surface area contributed by atoms with Crippen molar-refractivity contribution in [3.8, 4) is 5.69 Å². The monoisotopic (exact) mass is 561 g/mol. The van der Waals surface area contributed by atoms with Gasteiger partial charge in [-0.05, 0) is 76.3 Å². The number of carbonyl (C=O) groups is 2. The van der Waals surface area contributed by atoms with Gasteiger partial charge in [0.15, 0.2) is 0 Å². The lowest BCUT2D eigenvalue weighted by molar-refractivity contribution is 0.0203. The molecule has 0 unspecified atom stereocenters. The molecule has 0 spiro atoms. The highest BCUT2D eigenvalue weighted by Crippen LogP contribution is 2.33. The van der Waals surface area contributed by atoms with Crippen LogP contribution in [0, 0.1) is 5.82 Å². The van der Waals surface area contributed by atoms with Crippen LogP contribution in [0.4, 0.5) is 9.18 Å². The van der Waals surface area contributed by atoms with Crippen molar-refractivity contribution < 1.29 is 18.7 Å². The Labute approximate surface area is 241 Å². The SMILES string of the molecule is CC(C)(C)OC(=O)N1CCC(c2c(C(=O)NC3CCN(Cc4ccccc4)CC3)cnn2-c2ccc(F)cc2)CC1. The molecule has 0 atom stereocenters. The van der Waals surface area contributed by atoms with Crippen LogP contribution in [0.25, 0.3) is 5.69 Å². The molecule has 0 bridgehead atoms. The summed E-state index contributed by atoms with van der Waals surface area (Å²) in [7, 11) is 0. The summed E-state index contributed by atoms with van der Waals surface area (Å²) in [5, 5.41) is 7.85. The minimum Gasteiger partial charge on any atom is -0.444 e. The predicted molar refractivity (Wildman–Crippen MR) is 156 cm³/mol. The molecule has 9 heteroatoms. The topological polar surface area (TPSA) is 79.7 Å². The van der Waals surface area contributed by atoms with E-state index in [4.69, 9.17) is 4.74 Å². The lowest BCUT2D eigenvalue weighted by Gasteiger charge is -2.34. The van der Waals surface area contributed by atoms with Crippen molar-refractivity contribution in [1.29, 1.82) is 0 Å². The van der Waals surface area contributed by atoms with E-state index in [9.17, 15) is 14.0 Å². The predicted octanol–water partition coefficient (Wildman–Crippen LogP) is 5.52. The summed E-state index contributed by atoms with van der Waals surface area (Å²) < 4.78 is 21.0. The molecule has 1 aromatic heterocycles. The first-order valence-corrected chi connectivity index (χ1v) is 14.6. The van der Waals surface area contributed by atoms with Crippen LogP contribution in [-0.2, 0) is 11.3 Å². The van der Waals surface area contributed by atoms with E-state index in [2.05, 4.69) is 39.6 Å². The largest absolute Gasteiger partial charge is 0.444 e. The molecule has 2 saturated heterocycles. The van der Waals surface area contributed by atoms with Crippen LogP contribution >= 0.6 is 0 Å². The average Bonchev–Trinajstić information content (AvgIpc) is 3.40. The molecule has 3 heterocycles. The number of nitrogens with zero attached hydrogens (tertiary/aromatic N) is 4. The maximum absolute atomic E-state index is 13.7. The first-order valence-electron chi connectivity index (χ1n) is 14.6. The zero-order chi connectivity index (χ0) is 29.0. The summed E-state index contributed by atoms with van der Waals surface area (Å²) in [5.41, 5.74) is 2.78. The minimum absolute atomic E-state index is 0.00899. The lowest BCUT2D eigenvalue weighted by Crippen LogP contribution is -2.44. The van der Waals surface area contributed by atoms with Crippen LogP contribution in [0.2, 0.25) is 0 Å². The highest BCUT2D eigenvalue weighted by Gasteiger charge is 2.33. The minimum atomic E-state index is -0.557. The third kappa shape index (κ3) is 7.33. The Balaban J connectivity index is 1.28. The van der Waals surface area contributed by atoms with Crippen LogP contribution in [0.5, 0.6) is 0 Å². The van der Waals surface area contributed by atoms with Gasteiger partial charge in [-0.25, -0.2) is 13.9 Å². The zero-order valence-corrected chi connectivity index (χ0v) is 24.2. The van der Waals surface area contributed by atoms with Crippen LogP contribution in [0.1, 0.15) is 74.0 Å². The summed E-state index contributed by atoms with van der Waals surface area (Å²) in [5.74, 6) is -0.455. The van der Waals surface area contributed by atoms with E-state index in [1.807, 2.05) is 26.8 Å². The molecule has 2 amide bonds. The van der Waals surface area contributed by atoms with E-state index in [-0.39, 0.29) is 29.8 Å². The number of rotatable bonds is 6. The first kappa shape index (κ1) is 28.8. The number of carbonyl (C=O) groups excluding carboxylic acids is 2. The van der Waals surface area contributed by atoms with Crippen LogP contribution < -0.4 is 5.32 Å². The van der Waals surface area contributed by atoms with Gasteiger partial charge >= 0.3 is 6.09 Å². The molecule has 2 fully saturated rings. The van der Waals surface area contributed by atoms with Crippen molar-refractivity contribution in [2.45, 2.75) is 70.6 Å². The maximum atomic E-state index is 13.7. The van der Waals surface area contributed by atoms with E-state index < -0.39 is 5.60 Å². The number of nitrogens with one attached hydrogen (secondary N) is 1. The van der Waals surface area contributed by atoms with Crippen molar-refractivity contribution in [2.24, 2.45) is 0 Å². The third-order valence-electron chi connectivity index (χ3n) is 7.83. The molecule has 1 N–H and O–H groups in total. The van der Waals surface area contributed by atoms with Gasteiger partial charge in [0.2, 0.25) is 0 Å². The van der Waals surface area contributed by atoms with E-state index in [1.54, 1.807) is 27.9 Å². The summed E-state index contributed by atoms with van der Waals surface area (Å²) >= 11 is 0. The molecule has 2 aliphatic heterocycles. The smallest absolute Gasteiger partial charge is 0.410 e. The number of benzene rings is 2. The molecule has 2 aromatic carbocycles. The standard InChI is InChI=1S/C32H40FN5O3/c1-32(2,3)41-31(40)37-19-13-24(14-20-37)29-28(21-34-38(29)27-11-9-25(33)10-12-27)30(39)35-26-15-17-36(18-16-26)22-23-7-5-4-6-8-23/h4-12,21,24,26H,13-20,22H2,1-3H3,(H,35,39). The lowest BCUT2D eigenvalue weighted by atomic mass is 9.90. The summed E-state index contributed by atoms with van der Waals surface area (Å²) in [6.45, 7) is 9.38. The van der Waals surface area contributed by atoms with Gasteiger partial charge < -0.3 is 15.0 Å². The molecule has 0 saturated carbocycles. The number of ether oxygens (including phenoxy) is 1. The number of halogens is 1. The Morgan fingerprint density at radius 2 is 1.61 bits per heavy atom. The molecular weight excluding hydrogens is 521 g/mol. The number of likely N-dealkylation sites (tertiary alicyclic amines) is 2. The van der Waals surface area contributed by atoms with Gasteiger partial charge in [-0.3, -0.25) is 9.69 Å². The van der Waals surface area contributed by atoms with E-state index in [0.29, 0.717) is 37.2 Å². The van der Waals surface area contributed by atoms with Gasteiger partial charge in [-0.1, -0.05) is 30.3 Å². The second kappa shape index (κ2) is 12.4. The fraction of sp³-hybridized carbons (Fsp3) is 0.469. The molecule has 41 heavy (non-hydrogen) atoms. The average molecular weight is 562 g/mol. The van der Waals surface area contributed by atoms with Gasteiger partial charge in [0.1, 0.15) is 11.4 Å². The van der Waals surface area contributed by atoms with E-state index >= 15 is 0 Å². The third-order valence-corrected chi connectivity index (χ3v) is 7.83. The normalized spacial score (nSPS) is 17.4. The number of hydrogen-bond acceptors (Lipinski definition) is 5. The number of hydrogen-bond donors (Lipinski definition) is 1. The van der Waals surface area contributed by atoms with E-state index in [0.717, 1.165) is 38.2 Å². The van der Waals surface area contributed by atoms with Crippen LogP contribution in [-0.4, -0.2) is 69.4 Å². The fourth-order valence-corrected chi connectivity index (χ4v) is 5.72. The van der Waals surface area contributed by atoms with Gasteiger partial charge in [0.05, 0.1) is 23.1 Å². The Kier molecular flexibility index (Phi) is 8.73. The van der Waals surface area contributed by atoms with Crippen LogP contribution in [0.3, 0.4) is 0 Å². The number of aromatic nitrogens is 2. The first-order chi connectivity index (χ1) is 19.7. The van der Waals surface area contributed by atoms with Gasteiger partial charge in [0.25, 0.3) is 5.91 Å². The quantitative estimate of drug-likeness (QED) is 0.429. The molecule has 0 aliphatic carbocycles. The van der Waals surface area contributed by atoms with E-state index in [1.165, 1.54) is 17.7 Å². The molecule has 0 radical (unpaired) electrons. The number of amides is 2. The molecular formula is C32H40FN5O3. The van der Waals surface area contributed by atoms with Crippen molar-refractivity contribution >= 4 is 12.0 Å². The Bertz CT molecular complexity index is 1320. The summed E-state index contributed by atoms with van der Waals surface area (Å²) in [6, 6.07) is 16.7. The van der Waals surface area contributed by atoms with Crippen molar-refractivity contribution in [1.82, 2.24) is 24.9 Å². The summed E-state index contributed by atoms with van der Waals surface area (Å²) in [4.78, 5) is 30.4. The second-order valence-electron chi connectivity index (χ2n) is 12.1. The van der Waals surface area contributed by atoms with Crippen molar-refractivity contribution in [2.75, 3.05) is 26.2 Å². The summed E-state index contributed by atoms with van der Waals surface area (Å²) in [6.07, 6.45) is 4.41. The van der Waals surface area contributed by atoms with Crippen LogP contribution in [0.15, 0.2) is 60.8 Å². The highest BCUT2D eigenvalue weighted by atomic mass is 19.1. The second-order valence-corrected chi connectivity index (χ2v) is 12.1. The van der Waals surface area contributed by atoms with Gasteiger partial charge in [-0.2, -0.15) is 5.10 Å². The Morgan fingerprint density at radius 1 is 0.951 bits per heavy atom. The Hall–Kier alpha value is -3.72. The highest BCUT2D eigenvalue weighted by molar-refractivity contribution is 5.95. The molecule has 2 aliphatic rings. The molecule has 5 rings (SSSR count). The number of piperidine rings is 2. The van der Waals surface area contributed by atoms with Crippen molar-refractivity contribution in [3.05, 3.63) is 83.4 Å². The van der Waals surface area contributed by atoms with Crippen molar-refractivity contribution in [3.63, 3.8) is 0 Å². The molecule has 8 nitrogen and oxygen atoms in total. The zero-order valence-electron chi connectivity index (χ0n) is 24.2.